The maximum absolute atomic E-state index is 14.1. The summed E-state index contributed by atoms with van der Waals surface area (Å²) in [5, 5.41) is 47.3. The summed E-state index contributed by atoms with van der Waals surface area (Å²) < 4.78 is 0. The minimum absolute atomic E-state index is 0.0452. The molecule has 1 aromatic heterocycles. The molecule has 0 aromatic carbocycles. The average Bonchev–Trinajstić information content (AvgIpc) is 4.00. The number of H-pyrrole nitrogens is 1. The van der Waals surface area contributed by atoms with Crippen LogP contribution >= 0.6 is 0 Å². The van der Waals surface area contributed by atoms with Crippen LogP contribution in [0.4, 0.5) is 0 Å². The normalized spacial score (nSPS) is 17.6. The number of hydrogen-bond donors (Lipinski definition) is 14. The van der Waals surface area contributed by atoms with Crippen molar-refractivity contribution in [1.29, 1.82) is 0 Å². The number of amides is 9. The maximum Gasteiger partial charge on any atom is 0.326 e. The Balaban J connectivity index is 2.37. The highest BCUT2D eigenvalue weighted by Crippen LogP contribution is 2.21. The van der Waals surface area contributed by atoms with Gasteiger partial charge in [0.05, 0.1) is 31.3 Å². The van der Waals surface area contributed by atoms with Crippen molar-refractivity contribution in [3.8, 4) is 0 Å². The van der Waals surface area contributed by atoms with Gasteiger partial charge in [-0.3, -0.25) is 47.9 Å². The van der Waals surface area contributed by atoms with E-state index in [1.165, 1.54) is 26.4 Å². The molecule has 27 nitrogen and oxygen atoms in total. The Morgan fingerprint density at radius 3 is 1.82 bits per heavy atom. The number of nitrogens with zero attached hydrogens (tertiary/aromatic N) is 2. The fourth-order valence-corrected chi connectivity index (χ4v) is 7.53. The number of aliphatic hydroxyl groups is 1. The monoisotopic (exact) mass is 1010 g/mol. The first-order valence-electron chi connectivity index (χ1n) is 23.6. The molecule has 1 fully saturated rings. The van der Waals surface area contributed by atoms with Crippen LogP contribution in [0.15, 0.2) is 12.5 Å². The number of carbonyl (C=O) groups excluding carboxylic acids is 9. The minimum Gasteiger partial charge on any atom is -0.481 e. The Labute approximate surface area is 411 Å². The van der Waals surface area contributed by atoms with Crippen molar-refractivity contribution in [2.75, 3.05) is 13.1 Å². The first-order valence-corrected chi connectivity index (χ1v) is 23.6. The van der Waals surface area contributed by atoms with Gasteiger partial charge in [0.1, 0.15) is 48.3 Å². The molecule has 9 amide bonds. The molecule has 27 heteroatoms. The van der Waals surface area contributed by atoms with E-state index in [1.54, 1.807) is 27.7 Å². The Bertz CT molecular complexity index is 2020. The number of carbonyl (C=O) groups is 11. The number of likely N-dealkylation sites (tertiary alicyclic amines) is 1. The third kappa shape index (κ3) is 19.9. The highest BCUT2D eigenvalue weighted by molar-refractivity contribution is 5.99. The van der Waals surface area contributed by atoms with E-state index >= 15 is 0 Å². The van der Waals surface area contributed by atoms with E-state index in [0.717, 1.165) is 4.90 Å². The first kappa shape index (κ1) is 60.4. The Morgan fingerprint density at radius 2 is 1.30 bits per heavy atom. The van der Waals surface area contributed by atoms with Crippen molar-refractivity contribution in [3.63, 3.8) is 0 Å². The summed E-state index contributed by atoms with van der Waals surface area (Å²) in [7, 11) is 0. The Morgan fingerprint density at radius 1 is 0.746 bits per heavy atom. The summed E-state index contributed by atoms with van der Waals surface area (Å²) in [4.78, 5) is 153. The number of aliphatic hydroxyl groups excluding tert-OH is 1. The van der Waals surface area contributed by atoms with Gasteiger partial charge in [-0.05, 0) is 70.8 Å². The second-order valence-electron chi connectivity index (χ2n) is 18.2. The van der Waals surface area contributed by atoms with E-state index in [1.807, 2.05) is 0 Å². The lowest BCUT2D eigenvalue weighted by Gasteiger charge is -2.32. The van der Waals surface area contributed by atoms with Crippen molar-refractivity contribution in [3.05, 3.63) is 18.2 Å². The van der Waals surface area contributed by atoms with E-state index in [4.69, 9.17) is 17.2 Å². The van der Waals surface area contributed by atoms with Crippen molar-refractivity contribution in [2.24, 2.45) is 29.0 Å². The SMILES string of the molecule is CC[C@H](C)[C@H](NC(=O)[C@H](Cc1cnc[nH]1)NC(=O)[C@H](CC(=O)O)NC(=O)[C@H](CCCCN)NC(=O)[C@@H]1CCCN1C(=O)[C@@H](NC(=O)[C@H](CC(N)=O)NC(=O)[C@H](CC(C)C)NC(=O)[C@H](C)N)[C@@H](C)O)C(=O)O. The molecular weight excluding hydrogens is 935 g/mol. The molecule has 2 heterocycles. The summed E-state index contributed by atoms with van der Waals surface area (Å²) in [5.74, 6) is -12.1. The van der Waals surface area contributed by atoms with Crippen LogP contribution in [0.2, 0.25) is 0 Å². The number of primary amides is 1. The highest BCUT2D eigenvalue weighted by atomic mass is 16.4. The summed E-state index contributed by atoms with van der Waals surface area (Å²) in [6.07, 6.45) is 0.371. The number of rotatable bonds is 31. The van der Waals surface area contributed by atoms with E-state index in [9.17, 15) is 68.1 Å². The van der Waals surface area contributed by atoms with Crippen LogP contribution in [0.5, 0.6) is 0 Å². The average molecular weight is 1010 g/mol. The molecule has 1 aliphatic heterocycles. The molecule has 2 rings (SSSR count). The zero-order valence-corrected chi connectivity index (χ0v) is 41.0. The number of carboxylic acid groups (broad SMARTS) is 2. The number of aliphatic carboxylic acids is 2. The molecule has 0 saturated carbocycles. The number of hydrogen-bond acceptors (Lipinski definition) is 15. The Hall–Kier alpha value is -6.74. The predicted molar refractivity (Wildman–Crippen MR) is 251 cm³/mol. The second kappa shape index (κ2) is 29.4. The molecule has 71 heavy (non-hydrogen) atoms. The van der Waals surface area contributed by atoms with Gasteiger partial charge < -0.3 is 79.6 Å². The van der Waals surface area contributed by atoms with Crippen LogP contribution in [0, 0.1) is 11.8 Å². The van der Waals surface area contributed by atoms with Crippen molar-refractivity contribution in [2.45, 2.75) is 166 Å². The molecule has 1 saturated heterocycles. The van der Waals surface area contributed by atoms with Crippen LogP contribution in [0.3, 0.4) is 0 Å². The number of imidazole rings is 1. The van der Waals surface area contributed by atoms with Gasteiger partial charge in [-0.25, -0.2) is 9.78 Å². The first-order chi connectivity index (χ1) is 33.3. The summed E-state index contributed by atoms with van der Waals surface area (Å²) in [5.41, 5.74) is 17.1. The van der Waals surface area contributed by atoms with Gasteiger partial charge in [0.2, 0.25) is 53.2 Å². The molecule has 0 bridgehead atoms. The third-order valence-electron chi connectivity index (χ3n) is 11.7. The number of unbranched alkanes of at least 4 members (excludes halogenated alkanes) is 1. The zero-order chi connectivity index (χ0) is 53.7. The zero-order valence-electron chi connectivity index (χ0n) is 41.0. The predicted octanol–water partition coefficient (Wildman–Crippen LogP) is -4.28. The summed E-state index contributed by atoms with van der Waals surface area (Å²) >= 11 is 0. The van der Waals surface area contributed by atoms with Gasteiger partial charge in [0.25, 0.3) is 0 Å². The lowest BCUT2D eigenvalue weighted by molar-refractivity contribution is -0.145. The van der Waals surface area contributed by atoms with Crippen molar-refractivity contribution >= 4 is 65.1 Å². The maximum atomic E-state index is 14.1. The summed E-state index contributed by atoms with van der Waals surface area (Å²) in [6.45, 7) is 9.57. The smallest absolute Gasteiger partial charge is 0.326 e. The van der Waals surface area contributed by atoms with Crippen LogP contribution in [-0.2, 0) is 59.2 Å². The van der Waals surface area contributed by atoms with E-state index in [0.29, 0.717) is 18.5 Å². The highest BCUT2D eigenvalue weighted by Gasteiger charge is 2.42. The fraction of sp³-hybridized carbons (Fsp3) is 0.682. The third-order valence-corrected chi connectivity index (χ3v) is 11.7. The van der Waals surface area contributed by atoms with Gasteiger partial charge >= 0.3 is 11.9 Å². The van der Waals surface area contributed by atoms with Crippen LogP contribution < -0.4 is 54.4 Å². The minimum atomic E-state index is -1.84. The topological polar surface area (TPSA) is 443 Å². The largest absolute Gasteiger partial charge is 0.481 e. The molecule has 0 radical (unpaired) electrons. The van der Waals surface area contributed by atoms with Crippen molar-refractivity contribution < 1.29 is 68.1 Å². The molecule has 11 atom stereocenters. The van der Waals surface area contributed by atoms with Crippen LogP contribution in [0.25, 0.3) is 0 Å². The molecular formula is C44H73N13O14. The molecule has 398 valence electrons. The Kier molecular flexibility index (Phi) is 25.0. The number of carboxylic acids is 2. The van der Waals surface area contributed by atoms with E-state index < -0.39 is 144 Å². The standard InChI is InChI=1S/C44H73N13O14/c1-7-22(4)34(44(70)71)55-40(66)28(16-25-19-48-20-49-25)52-39(65)30(18-33(60)61)54-37(63)26(11-8-9-13-45)50-42(68)31-12-10-14-57(31)43(69)35(24(6)58)56-41(67)29(17-32(47)59)53-38(64)27(15-21(2)3)51-36(62)23(5)46/h19-24,26-31,34-35,58H,7-18,45-46H2,1-6H3,(H2,47,59)(H,48,49)(H,50,68)(H,51,62)(H,52,65)(H,53,64)(H,54,63)(H,55,66)(H,56,67)(H,60,61)(H,70,71)/t22-,23-,24+,26-,27-,28-,29-,30-,31-,34-,35-/m0/s1. The van der Waals surface area contributed by atoms with E-state index in [2.05, 4.69) is 47.2 Å². The molecule has 0 unspecified atom stereocenters. The lowest BCUT2D eigenvalue weighted by atomic mass is 9.98. The number of nitrogens with one attached hydrogen (secondary N) is 8. The molecule has 0 spiro atoms. The second-order valence-corrected chi connectivity index (χ2v) is 18.2. The number of aromatic nitrogens is 2. The molecule has 0 aliphatic carbocycles. The molecule has 1 aliphatic rings. The van der Waals surface area contributed by atoms with Gasteiger partial charge in [-0.15, -0.1) is 0 Å². The molecule has 1 aromatic rings. The number of nitrogens with two attached hydrogens (primary N) is 3. The van der Waals surface area contributed by atoms with E-state index in [-0.39, 0.29) is 57.5 Å². The summed E-state index contributed by atoms with van der Waals surface area (Å²) in [6, 6.07) is -13.0. The van der Waals surface area contributed by atoms with Gasteiger partial charge in [-0.2, -0.15) is 0 Å². The quantitative estimate of drug-likeness (QED) is 0.0313. The van der Waals surface area contributed by atoms with Gasteiger partial charge in [-0.1, -0.05) is 34.1 Å². The lowest BCUT2D eigenvalue weighted by Crippen LogP contribution is -2.62. The van der Waals surface area contributed by atoms with Crippen LogP contribution in [-0.4, -0.2) is 169 Å². The number of aromatic amines is 1. The van der Waals surface area contributed by atoms with Crippen LogP contribution in [0.1, 0.15) is 105 Å². The molecule has 17 N–H and O–H groups in total. The van der Waals surface area contributed by atoms with Gasteiger partial charge in [0.15, 0.2) is 0 Å². The van der Waals surface area contributed by atoms with Gasteiger partial charge in [0, 0.05) is 24.9 Å². The van der Waals surface area contributed by atoms with Crippen molar-refractivity contribution in [1.82, 2.24) is 52.1 Å². The fourth-order valence-electron chi connectivity index (χ4n) is 7.53.